The van der Waals surface area contributed by atoms with Gasteiger partial charge in [-0.2, -0.15) is 0 Å². The number of hydrogen-bond acceptors (Lipinski definition) is 3. The topological polar surface area (TPSA) is 56.0 Å². The van der Waals surface area contributed by atoms with Gasteiger partial charge in [0.2, 0.25) is 0 Å². The molecule has 1 aromatic heterocycles. The number of benzene rings is 1. The number of halogens is 1. The van der Waals surface area contributed by atoms with E-state index < -0.39 is 0 Å². The highest BCUT2D eigenvalue weighted by atomic mass is 19.1. The number of ketones is 1. The third-order valence-electron chi connectivity index (χ3n) is 2.63. The molecule has 0 unspecified atom stereocenters. The number of Topliss-reactive ketones (excluding diaryl/α,β-unsaturated/α-hetero) is 1. The average molecular weight is 244 g/mol. The SMILES string of the molecule is NCc1cc(C(=O)Cc2ccc(F)cc2)ccn1. The molecule has 3 nitrogen and oxygen atoms in total. The van der Waals surface area contributed by atoms with Gasteiger partial charge in [0, 0.05) is 24.7 Å². The van der Waals surface area contributed by atoms with Crippen LogP contribution < -0.4 is 5.73 Å². The van der Waals surface area contributed by atoms with Crippen LogP contribution in [0.15, 0.2) is 42.6 Å². The summed E-state index contributed by atoms with van der Waals surface area (Å²) in [7, 11) is 0. The first-order valence-electron chi connectivity index (χ1n) is 5.61. The molecule has 1 aromatic carbocycles. The lowest BCUT2D eigenvalue weighted by Gasteiger charge is -2.03. The molecule has 2 rings (SSSR count). The largest absolute Gasteiger partial charge is 0.325 e. The lowest BCUT2D eigenvalue weighted by molar-refractivity contribution is 0.0992. The monoisotopic (exact) mass is 244 g/mol. The van der Waals surface area contributed by atoms with Gasteiger partial charge in [-0.05, 0) is 29.8 Å². The lowest BCUT2D eigenvalue weighted by atomic mass is 10.0. The molecule has 0 bridgehead atoms. The Morgan fingerprint density at radius 3 is 2.61 bits per heavy atom. The van der Waals surface area contributed by atoms with E-state index in [0.29, 0.717) is 17.8 Å². The molecule has 4 heteroatoms. The van der Waals surface area contributed by atoms with E-state index in [4.69, 9.17) is 5.73 Å². The quantitative estimate of drug-likeness (QED) is 0.838. The number of carbonyl (C=O) groups is 1. The first kappa shape index (κ1) is 12.4. The second-order valence-corrected chi connectivity index (χ2v) is 3.97. The van der Waals surface area contributed by atoms with Crippen LogP contribution in [0.4, 0.5) is 4.39 Å². The molecule has 1 heterocycles. The Bertz CT molecular complexity index is 552. The summed E-state index contributed by atoms with van der Waals surface area (Å²) in [5.74, 6) is -0.334. The van der Waals surface area contributed by atoms with Gasteiger partial charge in [0.25, 0.3) is 0 Å². The highest BCUT2D eigenvalue weighted by Gasteiger charge is 2.08. The standard InChI is InChI=1S/C14H13FN2O/c15-12-3-1-10(2-4-12)7-14(18)11-5-6-17-13(8-11)9-16/h1-6,8H,7,9,16H2. The van der Waals surface area contributed by atoms with Crippen LogP contribution in [0.1, 0.15) is 21.6 Å². The summed E-state index contributed by atoms with van der Waals surface area (Å²) < 4.78 is 12.7. The zero-order valence-electron chi connectivity index (χ0n) is 9.77. The van der Waals surface area contributed by atoms with Crippen molar-refractivity contribution in [2.75, 3.05) is 0 Å². The Kier molecular flexibility index (Phi) is 3.79. The number of carbonyl (C=O) groups excluding carboxylic acids is 1. The summed E-state index contributed by atoms with van der Waals surface area (Å²) >= 11 is 0. The maximum Gasteiger partial charge on any atom is 0.167 e. The van der Waals surface area contributed by atoms with Crippen molar-refractivity contribution in [3.63, 3.8) is 0 Å². The molecule has 2 N–H and O–H groups in total. The number of rotatable bonds is 4. The summed E-state index contributed by atoms with van der Waals surface area (Å²) in [5, 5.41) is 0. The summed E-state index contributed by atoms with van der Waals surface area (Å²) in [6.07, 6.45) is 1.81. The van der Waals surface area contributed by atoms with Crippen LogP contribution in [-0.2, 0) is 13.0 Å². The molecule has 92 valence electrons. The van der Waals surface area contributed by atoms with Gasteiger partial charge in [-0.1, -0.05) is 12.1 Å². The second kappa shape index (κ2) is 5.51. The van der Waals surface area contributed by atoms with Crippen molar-refractivity contribution >= 4 is 5.78 Å². The zero-order chi connectivity index (χ0) is 13.0. The van der Waals surface area contributed by atoms with E-state index >= 15 is 0 Å². The van der Waals surface area contributed by atoms with Gasteiger partial charge < -0.3 is 5.73 Å². The molecule has 0 radical (unpaired) electrons. The number of pyridine rings is 1. The maximum atomic E-state index is 12.7. The predicted molar refractivity (Wildman–Crippen MR) is 66.6 cm³/mol. The number of hydrogen-bond donors (Lipinski definition) is 1. The fourth-order valence-electron chi connectivity index (χ4n) is 1.65. The van der Waals surface area contributed by atoms with E-state index in [1.807, 2.05) is 0 Å². The minimum absolute atomic E-state index is 0.0290. The van der Waals surface area contributed by atoms with Crippen LogP contribution in [0.5, 0.6) is 0 Å². The van der Waals surface area contributed by atoms with Gasteiger partial charge in [0.05, 0.1) is 5.69 Å². The summed E-state index contributed by atoms with van der Waals surface area (Å²) in [6.45, 7) is 0.303. The van der Waals surface area contributed by atoms with Crippen molar-refractivity contribution in [3.8, 4) is 0 Å². The van der Waals surface area contributed by atoms with Crippen molar-refractivity contribution in [1.29, 1.82) is 0 Å². The predicted octanol–water partition coefficient (Wildman–Crippen LogP) is 2.10. The molecule has 0 atom stereocenters. The van der Waals surface area contributed by atoms with Crippen molar-refractivity contribution in [2.24, 2.45) is 5.73 Å². The summed E-state index contributed by atoms with van der Waals surface area (Å²) in [4.78, 5) is 16.0. The van der Waals surface area contributed by atoms with Crippen molar-refractivity contribution in [3.05, 3.63) is 65.2 Å². The van der Waals surface area contributed by atoms with Crippen LogP contribution in [0.25, 0.3) is 0 Å². The minimum Gasteiger partial charge on any atom is -0.325 e. The first-order valence-corrected chi connectivity index (χ1v) is 5.61. The molecule has 0 aliphatic heterocycles. The van der Waals surface area contributed by atoms with Gasteiger partial charge in [0.15, 0.2) is 5.78 Å². The van der Waals surface area contributed by atoms with E-state index in [2.05, 4.69) is 4.98 Å². The van der Waals surface area contributed by atoms with E-state index in [1.165, 1.54) is 12.1 Å². The Hall–Kier alpha value is -2.07. The third-order valence-corrected chi connectivity index (χ3v) is 2.63. The smallest absolute Gasteiger partial charge is 0.167 e. The molecular weight excluding hydrogens is 231 g/mol. The minimum atomic E-state index is -0.305. The summed E-state index contributed by atoms with van der Waals surface area (Å²) in [6, 6.07) is 9.26. The van der Waals surface area contributed by atoms with Crippen LogP contribution in [0.2, 0.25) is 0 Å². The van der Waals surface area contributed by atoms with Gasteiger partial charge >= 0.3 is 0 Å². The van der Waals surface area contributed by atoms with E-state index in [0.717, 1.165) is 5.56 Å². The fourth-order valence-corrected chi connectivity index (χ4v) is 1.65. The first-order chi connectivity index (χ1) is 8.69. The number of nitrogens with two attached hydrogens (primary N) is 1. The molecule has 0 aliphatic carbocycles. The van der Waals surface area contributed by atoms with Gasteiger partial charge in [-0.3, -0.25) is 9.78 Å². The van der Waals surface area contributed by atoms with Crippen LogP contribution >= 0.6 is 0 Å². The molecular formula is C14H13FN2O. The normalized spacial score (nSPS) is 10.3. The van der Waals surface area contributed by atoms with E-state index in [-0.39, 0.29) is 18.0 Å². The Balaban J connectivity index is 2.14. The molecule has 18 heavy (non-hydrogen) atoms. The Labute approximate surface area is 104 Å². The molecule has 0 saturated heterocycles. The maximum absolute atomic E-state index is 12.7. The van der Waals surface area contributed by atoms with Gasteiger partial charge in [-0.25, -0.2) is 4.39 Å². The molecule has 0 fully saturated rings. The van der Waals surface area contributed by atoms with E-state index in [9.17, 15) is 9.18 Å². The average Bonchev–Trinajstić information content (AvgIpc) is 2.41. The highest BCUT2D eigenvalue weighted by Crippen LogP contribution is 2.09. The van der Waals surface area contributed by atoms with Crippen LogP contribution in [0, 0.1) is 5.82 Å². The van der Waals surface area contributed by atoms with E-state index in [1.54, 1.807) is 30.5 Å². The Morgan fingerprint density at radius 2 is 1.94 bits per heavy atom. The van der Waals surface area contributed by atoms with Crippen molar-refractivity contribution < 1.29 is 9.18 Å². The molecule has 2 aromatic rings. The second-order valence-electron chi connectivity index (χ2n) is 3.97. The lowest BCUT2D eigenvalue weighted by Crippen LogP contribution is -2.06. The molecule has 0 saturated carbocycles. The van der Waals surface area contributed by atoms with Gasteiger partial charge in [0.1, 0.15) is 5.82 Å². The number of aromatic nitrogens is 1. The van der Waals surface area contributed by atoms with Crippen molar-refractivity contribution in [1.82, 2.24) is 4.98 Å². The third kappa shape index (κ3) is 2.99. The molecule has 0 amide bonds. The van der Waals surface area contributed by atoms with Crippen molar-refractivity contribution in [2.45, 2.75) is 13.0 Å². The number of nitrogens with zero attached hydrogens (tertiary/aromatic N) is 1. The highest BCUT2D eigenvalue weighted by molar-refractivity contribution is 5.97. The summed E-state index contributed by atoms with van der Waals surface area (Å²) in [5.41, 5.74) is 7.52. The Morgan fingerprint density at radius 1 is 1.22 bits per heavy atom. The van der Waals surface area contributed by atoms with Crippen LogP contribution in [-0.4, -0.2) is 10.8 Å². The molecule has 0 spiro atoms. The van der Waals surface area contributed by atoms with Gasteiger partial charge in [-0.15, -0.1) is 0 Å². The zero-order valence-corrected chi connectivity index (χ0v) is 9.77. The fraction of sp³-hybridized carbons (Fsp3) is 0.143. The molecule has 0 aliphatic rings. The van der Waals surface area contributed by atoms with Crippen LogP contribution in [0.3, 0.4) is 0 Å².